The predicted octanol–water partition coefficient (Wildman–Crippen LogP) is -0.848. The zero-order chi connectivity index (χ0) is 23.7. The van der Waals surface area contributed by atoms with Crippen LogP contribution in [0.2, 0.25) is 0 Å². The summed E-state index contributed by atoms with van der Waals surface area (Å²) in [7, 11) is 0. The van der Waals surface area contributed by atoms with Gasteiger partial charge in [0.25, 0.3) is 0 Å². The molecule has 5 atom stereocenters. The second-order valence-electron chi connectivity index (χ2n) is 7.82. The van der Waals surface area contributed by atoms with Crippen molar-refractivity contribution in [3.05, 3.63) is 35.9 Å². The molecule has 5 unspecified atom stereocenters. The largest absolute Gasteiger partial charge is 0.480 e. The average Bonchev–Trinajstić information content (AvgIpc) is 2.70. The summed E-state index contributed by atoms with van der Waals surface area (Å²) in [6.45, 7) is 6.16. The van der Waals surface area contributed by atoms with E-state index >= 15 is 0 Å². The molecule has 10 nitrogen and oxygen atoms in total. The number of carboxylic acid groups (broad SMARTS) is 1. The zero-order valence-corrected chi connectivity index (χ0v) is 18.2. The number of aliphatic hydroxyl groups excluding tert-OH is 1. The maximum Gasteiger partial charge on any atom is 0.326 e. The summed E-state index contributed by atoms with van der Waals surface area (Å²) in [4.78, 5) is 48.8. The Bertz CT molecular complexity index is 768. The van der Waals surface area contributed by atoms with Crippen LogP contribution in [0.1, 0.15) is 33.3 Å². The van der Waals surface area contributed by atoms with Crippen molar-refractivity contribution < 1.29 is 29.4 Å². The van der Waals surface area contributed by atoms with Crippen molar-refractivity contribution >= 4 is 23.7 Å². The monoisotopic (exact) mass is 436 g/mol. The Morgan fingerprint density at radius 2 is 1.48 bits per heavy atom. The quantitative estimate of drug-likeness (QED) is 0.262. The molecule has 10 heteroatoms. The summed E-state index contributed by atoms with van der Waals surface area (Å²) in [5.74, 6) is -3.55. The number of aliphatic hydroxyl groups is 1. The van der Waals surface area contributed by atoms with Crippen LogP contribution in [0.3, 0.4) is 0 Å². The number of benzene rings is 1. The normalized spacial score (nSPS) is 15.8. The van der Waals surface area contributed by atoms with Crippen LogP contribution in [0.5, 0.6) is 0 Å². The lowest BCUT2D eigenvalue weighted by Crippen LogP contribution is -2.58. The minimum atomic E-state index is -1.20. The molecule has 31 heavy (non-hydrogen) atoms. The molecular formula is C21H32N4O6. The lowest BCUT2D eigenvalue weighted by molar-refractivity contribution is -0.142. The van der Waals surface area contributed by atoms with E-state index in [1.807, 2.05) is 0 Å². The van der Waals surface area contributed by atoms with E-state index in [0.29, 0.717) is 0 Å². The van der Waals surface area contributed by atoms with Gasteiger partial charge in [0.15, 0.2) is 0 Å². The maximum absolute atomic E-state index is 12.7. The number of carbonyl (C=O) groups excluding carboxylic acids is 3. The number of carbonyl (C=O) groups is 4. The van der Waals surface area contributed by atoms with E-state index in [9.17, 15) is 29.4 Å². The minimum Gasteiger partial charge on any atom is -0.480 e. The van der Waals surface area contributed by atoms with Crippen LogP contribution in [0.4, 0.5) is 0 Å². The zero-order valence-electron chi connectivity index (χ0n) is 18.2. The van der Waals surface area contributed by atoms with Gasteiger partial charge >= 0.3 is 5.97 Å². The van der Waals surface area contributed by atoms with E-state index in [-0.39, 0.29) is 12.3 Å². The Labute approximate surface area is 181 Å². The molecular weight excluding hydrogens is 404 g/mol. The van der Waals surface area contributed by atoms with E-state index in [1.165, 1.54) is 13.8 Å². The molecule has 1 aromatic rings. The van der Waals surface area contributed by atoms with Crippen molar-refractivity contribution in [3.8, 4) is 0 Å². The molecule has 172 valence electrons. The molecule has 0 aliphatic heterocycles. The second-order valence-corrected chi connectivity index (χ2v) is 7.82. The first kappa shape index (κ1) is 26.1. The molecule has 7 N–H and O–H groups in total. The fourth-order valence-electron chi connectivity index (χ4n) is 2.72. The van der Waals surface area contributed by atoms with Crippen LogP contribution in [0, 0.1) is 5.92 Å². The second kappa shape index (κ2) is 12.0. The van der Waals surface area contributed by atoms with Gasteiger partial charge in [-0.05, 0) is 25.3 Å². The number of rotatable bonds is 11. The van der Waals surface area contributed by atoms with Crippen LogP contribution in [-0.2, 0) is 25.6 Å². The Kier molecular flexibility index (Phi) is 10.1. The van der Waals surface area contributed by atoms with Gasteiger partial charge in [-0.3, -0.25) is 14.4 Å². The third kappa shape index (κ3) is 8.35. The topological polar surface area (TPSA) is 171 Å². The van der Waals surface area contributed by atoms with Crippen molar-refractivity contribution in [2.45, 2.75) is 64.4 Å². The van der Waals surface area contributed by atoms with E-state index in [0.717, 1.165) is 5.56 Å². The number of aliphatic carboxylic acids is 1. The van der Waals surface area contributed by atoms with Gasteiger partial charge < -0.3 is 31.9 Å². The first-order chi connectivity index (χ1) is 14.4. The maximum atomic E-state index is 12.7. The number of hydrogen-bond donors (Lipinski definition) is 6. The highest BCUT2D eigenvalue weighted by Crippen LogP contribution is 2.07. The van der Waals surface area contributed by atoms with Gasteiger partial charge in [-0.1, -0.05) is 44.2 Å². The lowest BCUT2D eigenvalue weighted by Gasteiger charge is -2.26. The highest BCUT2D eigenvalue weighted by atomic mass is 16.4. The Morgan fingerprint density at radius 3 is 1.97 bits per heavy atom. The van der Waals surface area contributed by atoms with Gasteiger partial charge in [-0.25, -0.2) is 4.79 Å². The van der Waals surface area contributed by atoms with E-state index < -0.39 is 54.0 Å². The molecule has 0 bridgehead atoms. The van der Waals surface area contributed by atoms with Crippen molar-refractivity contribution in [3.63, 3.8) is 0 Å². The molecule has 0 heterocycles. The van der Waals surface area contributed by atoms with Gasteiger partial charge in [0.05, 0.1) is 6.10 Å². The van der Waals surface area contributed by atoms with Crippen LogP contribution in [0.15, 0.2) is 30.3 Å². The molecule has 3 amide bonds. The number of nitrogens with two attached hydrogens (primary N) is 1. The third-order valence-corrected chi connectivity index (χ3v) is 4.72. The highest BCUT2D eigenvalue weighted by molar-refractivity contribution is 5.94. The molecule has 0 aromatic heterocycles. The number of amides is 3. The molecule has 1 aromatic carbocycles. The molecule has 0 radical (unpaired) electrons. The van der Waals surface area contributed by atoms with Crippen LogP contribution in [0.25, 0.3) is 0 Å². The standard InChI is InChI=1S/C21H32N4O6/c1-11(2)17(25-18(27)12(3)23-19(28)16(22)13(4)26)20(29)24-15(21(30)31)10-14-8-6-5-7-9-14/h5-9,11-13,15-17,26H,10,22H2,1-4H3,(H,23,28)(H,24,29)(H,25,27)(H,30,31). The molecule has 0 aliphatic rings. The number of hydrogen-bond acceptors (Lipinski definition) is 6. The number of carboxylic acids is 1. The fourth-order valence-corrected chi connectivity index (χ4v) is 2.72. The van der Waals surface area contributed by atoms with Crippen molar-refractivity contribution in [1.29, 1.82) is 0 Å². The first-order valence-electron chi connectivity index (χ1n) is 10.1. The van der Waals surface area contributed by atoms with Gasteiger partial charge in [0.1, 0.15) is 24.2 Å². The highest BCUT2D eigenvalue weighted by Gasteiger charge is 2.31. The summed E-state index contributed by atoms with van der Waals surface area (Å²) < 4.78 is 0. The van der Waals surface area contributed by atoms with Gasteiger partial charge in [-0.2, -0.15) is 0 Å². The van der Waals surface area contributed by atoms with E-state index in [4.69, 9.17) is 5.73 Å². The van der Waals surface area contributed by atoms with Gasteiger partial charge in [-0.15, -0.1) is 0 Å². The average molecular weight is 437 g/mol. The smallest absolute Gasteiger partial charge is 0.326 e. The summed E-state index contributed by atoms with van der Waals surface area (Å²) in [5.41, 5.74) is 6.28. The summed E-state index contributed by atoms with van der Waals surface area (Å²) in [6, 6.07) is 4.44. The van der Waals surface area contributed by atoms with Crippen molar-refractivity contribution in [1.82, 2.24) is 16.0 Å². The van der Waals surface area contributed by atoms with E-state index in [2.05, 4.69) is 16.0 Å². The Hall–Kier alpha value is -2.98. The van der Waals surface area contributed by atoms with Crippen LogP contribution in [-0.4, -0.2) is 64.2 Å². The van der Waals surface area contributed by atoms with Crippen molar-refractivity contribution in [2.24, 2.45) is 11.7 Å². The first-order valence-corrected chi connectivity index (χ1v) is 10.1. The molecule has 0 spiro atoms. The third-order valence-electron chi connectivity index (χ3n) is 4.72. The van der Waals surface area contributed by atoms with Crippen LogP contribution >= 0.6 is 0 Å². The molecule has 0 saturated heterocycles. The predicted molar refractivity (Wildman–Crippen MR) is 114 cm³/mol. The fraction of sp³-hybridized carbons (Fsp3) is 0.524. The van der Waals surface area contributed by atoms with Crippen LogP contribution < -0.4 is 21.7 Å². The van der Waals surface area contributed by atoms with E-state index in [1.54, 1.807) is 44.2 Å². The lowest BCUT2D eigenvalue weighted by atomic mass is 10.0. The Morgan fingerprint density at radius 1 is 0.903 bits per heavy atom. The molecule has 0 saturated carbocycles. The van der Waals surface area contributed by atoms with Gasteiger partial charge in [0.2, 0.25) is 17.7 Å². The minimum absolute atomic E-state index is 0.0877. The van der Waals surface area contributed by atoms with Gasteiger partial charge in [0, 0.05) is 6.42 Å². The summed E-state index contributed by atoms with van der Waals surface area (Å²) in [5, 5.41) is 26.2. The molecule has 0 fully saturated rings. The molecule has 0 aliphatic carbocycles. The Balaban J connectivity index is 2.80. The van der Waals surface area contributed by atoms with Crippen molar-refractivity contribution in [2.75, 3.05) is 0 Å². The molecule has 1 rings (SSSR count). The SMILES string of the molecule is CC(NC(=O)C(N)C(C)O)C(=O)NC(C(=O)NC(Cc1ccccc1)C(=O)O)C(C)C. The summed E-state index contributed by atoms with van der Waals surface area (Å²) in [6.07, 6.45) is -1.01. The summed E-state index contributed by atoms with van der Waals surface area (Å²) >= 11 is 0. The number of nitrogens with one attached hydrogen (secondary N) is 3.